The van der Waals surface area contributed by atoms with Crippen molar-refractivity contribution >= 4 is 5.78 Å². The van der Waals surface area contributed by atoms with Crippen molar-refractivity contribution in [1.29, 1.82) is 0 Å². The van der Waals surface area contributed by atoms with Gasteiger partial charge in [0.25, 0.3) is 0 Å². The smallest absolute Gasteiger partial charge is 0.233 e. The number of imidazole rings is 1. The number of likely N-dealkylation sites (tertiary alicyclic amines) is 1. The van der Waals surface area contributed by atoms with Crippen molar-refractivity contribution in [2.24, 2.45) is 5.92 Å². The van der Waals surface area contributed by atoms with E-state index < -0.39 is 0 Å². The number of nitrogens with zero attached hydrogens (tertiary/aromatic N) is 4. The standard InChI is InChI=1S/C14H19N5/c1-3-11-7-18(10-13(11)15-4-1)8-12-9-19-6-2-5-16-14(19)17-12/h2,5-6,9,11,13,15H,1,3-4,7-8,10H2/t11-,13+/m0/s1. The van der Waals surface area contributed by atoms with E-state index in [4.69, 9.17) is 0 Å². The topological polar surface area (TPSA) is 45.5 Å². The Morgan fingerprint density at radius 2 is 2.37 bits per heavy atom. The summed E-state index contributed by atoms with van der Waals surface area (Å²) in [6.45, 7) is 4.50. The lowest BCUT2D eigenvalue weighted by molar-refractivity contribution is 0.310. The minimum atomic E-state index is 0.698. The Morgan fingerprint density at radius 1 is 1.37 bits per heavy atom. The predicted molar refractivity (Wildman–Crippen MR) is 72.8 cm³/mol. The van der Waals surface area contributed by atoms with Crippen molar-refractivity contribution in [3.05, 3.63) is 30.4 Å². The van der Waals surface area contributed by atoms with Gasteiger partial charge in [-0.3, -0.25) is 9.30 Å². The van der Waals surface area contributed by atoms with E-state index in [0.717, 1.165) is 30.5 Å². The second-order valence-electron chi connectivity index (χ2n) is 5.72. The van der Waals surface area contributed by atoms with Crippen molar-refractivity contribution in [1.82, 2.24) is 24.6 Å². The van der Waals surface area contributed by atoms with Crippen molar-refractivity contribution in [3.8, 4) is 0 Å². The largest absolute Gasteiger partial charge is 0.312 e. The fourth-order valence-corrected chi connectivity index (χ4v) is 3.45. The Morgan fingerprint density at radius 3 is 3.26 bits per heavy atom. The van der Waals surface area contributed by atoms with Gasteiger partial charge >= 0.3 is 0 Å². The molecule has 0 spiro atoms. The molecule has 2 fully saturated rings. The quantitative estimate of drug-likeness (QED) is 0.869. The number of rotatable bonds is 2. The van der Waals surface area contributed by atoms with Crippen LogP contribution in [0.1, 0.15) is 18.5 Å². The molecule has 4 heterocycles. The molecular formula is C14H19N5. The van der Waals surface area contributed by atoms with Crippen LogP contribution in [0.5, 0.6) is 0 Å². The summed E-state index contributed by atoms with van der Waals surface area (Å²) in [6.07, 6.45) is 8.59. The van der Waals surface area contributed by atoms with Gasteiger partial charge in [0.1, 0.15) is 0 Å². The van der Waals surface area contributed by atoms with Gasteiger partial charge in [0.05, 0.1) is 5.69 Å². The number of aromatic nitrogens is 3. The second kappa shape index (κ2) is 4.58. The van der Waals surface area contributed by atoms with E-state index >= 15 is 0 Å². The maximum absolute atomic E-state index is 4.58. The zero-order chi connectivity index (χ0) is 12.7. The van der Waals surface area contributed by atoms with Crippen LogP contribution < -0.4 is 5.32 Å². The summed E-state index contributed by atoms with van der Waals surface area (Å²) >= 11 is 0. The van der Waals surface area contributed by atoms with Crippen LogP contribution in [0.25, 0.3) is 5.78 Å². The van der Waals surface area contributed by atoms with Gasteiger partial charge in [-0.2, -0.15) is 0 Å². The SMILES string of the molecule is c1cnc2nc(CN3C[C@@H]4CCCN[C@@H]4C3)cn2c1. The maximum Gasteiger partial charge on any atom is 0.233 e. The summed E-state index contributed by atoms with van der Waals surface area (Å²) in [5.41, 5.74) is 1.12. The van der Waals surface area contributed by atoms with Gasteiger partial charge in [0.2, 0.25) is 5.78 Å². The summed E-state index contributed by atoms with van der Waals surface area (Å²) in [6, 6.07) is 2.64. The second-order valence-corrected chi connectivity index (χ2v) is 5.72. The Bertz CT molecular complexity index is 531. The monoisotopic (exact) mass is 257 g/mol. The molecule has 0 aliphatic carbocycles. The first-order valence-electron chi connectivity index (χ1n) is 7.13. The van der Waals surface area contributed by atoms with Gasteiger partial charge in [-0.15, -0.1) is 0 Å². The Labute approximate surface area is 112 Å². The Kier molecular flexibility index (Phi) is 2.74. The van der Waals surface area contributed by atoms with Crippen LogP contribution in [0.15, 0.2) is 24.7 Å². The van der Waals surface area contributed by atoms with Gasteiger partial charge in [0.15, 0.2) is 0 Å². The Balaban J connectivity index is 1.49. The van der Waals surface area contributed by atoms with Gasteiger partial charge in [-0.1, -0.05) is 0 Å². The van der Waals surface area contributed by atoms with Crippen LogP contribution in [0.3, 0.4) is 0 Å². The molecule has 2 aliphatic rings. The lowest BCUT2D eigenvalue weighted by Gasteiger charge is -2.24. The summed E-state index contributed by atoms with van der Waals surface area (Å²) in [4.78, 5) is 11.4. The first-order valence-corrected chi connectivity index (χ1v) is 7.13. The molecular weight excluding hydrogens is 238 g/mol. The number of hydrogen-bond acceptors (Lipinski definition) is 4. The first kappa shape index (κ1) is 11.4. The lowest BCUT2D eigenvalue weighted by Crippen LogP contribution is -2.40. The molecule has 2 aromatic heterocycles. The summed E-state index contributed by atoms with van der Waals surface area (Å²) in [7, 11) is 0. The van der Waals surface area contributed by atoms with Crippen LogP contribution >= 0.6 is 0 Å². The molecule has 0 bridgehead atoms. The molecule has 0 saturated carbocycles. The molecule has 0 radical (unpaired) electrons. The minimum Gasteiger partial charge on any atom is -0.312 e. The summed E-state index contributed by atoms with van der Waals surface area (Å²) in [5, 5.41) is 3.64. The fourth-order valence-electron chi connectivity index (χ4n) is 3.45. The lowest BCUT2D eigenvalue weighted by atomic mass is 9.94. The van der Waals surface area contributed by atoms with Gasteiger partial charge in [0, 0.05) is 44.3 Å². The van der Waals surface area contributed by atoms with Crippen LogP contribution in [0, 0.1) is 5.92 Å². The van der Waals surface area contributed by atoms with Gasteiger partial charge in [-0.05, 0) is 31.4 Å². The molecule has 2 atom stereocenters. The molecule has 100 valence electrons. The normalized spacial score (nSPS) is 27.8. The van der Waals surface area contributed by atoms with Crippen LogP contribution in [-0.4, -0.2) is 44.9 Å². The van der Waals surface area contributed by atoms with E-state index in [1.165, 1.54) is 25.9 Å². The molecule has 2 aromatic rings. The van der Waals surface area contributed by atoms with E-state index in [9.17, 15) is 0 Å². The number of nitrogens with one attached hydrogen (secondary N) is 1. The summed E-state index contributed by atoms with van der Waals surface area (Å²) < 4.78 is 2.00. The van der Waals surface area contributed by atoms with E-state index in [0.29, 0.717) is 6.04 Å². The van der Waals surface area contributed by atoms with E-state index in [2.05, 4.69) is 26.4 Å². The average molecular weight is 257 g/mol. The Hall–Kier alpha value is -1.46. The third-order valence-corrected chi connectivity index (χ3v) is 4.35. The van der Waals surface area contributed by atoms with Gasteiger partial charge < -0.3 is 5.32 Å². The highest BCUT2D eigenvalue weighted by molar-refractivity contribution is 5.29. The third-order valence-electron chi connectivity index (χ3n) is 4.35. The van der Waals surface area contributed by atoms with Crippen LogP contribution in [-0.2, 0) is 6.54 Å². The van der Waals surface area contributed by atoms with Crippen molar-refractivity contribution in [2.75, 3.05) is 19.6 Å². The molecule has 19 heavy (non-hydrogen) atoms. The molecule has 1 N–H and O–H groups in total. The van der Waals surface area contributed by atoms with E-state index in [1.807, 2.05) is 16.7 Å². The highest BCUT2D eigenvalue weighted by Crippen LogP contribution is 2.25. The third kappa shape index (κ3) is 2.13. The molecule has 5 heteroatoms. The molecule has 4 rings (SSSR count). The first-order chi connectivity index (χ1) is 9.38. The summed E-state index contributed by atoms with van der Waals surface area (Å²) in [5.74, 6) is 1.64. The average Bonchev–Trinajstić information content (AvgIpc) is 3.00. The predicted octanol–water partition coefficient (Wildman–Crippen LogP) is 0.913. The zero-order valence-electron chi connectivity index (χ0n) is 11.0. The van der Waals surface area contributed by atoms with Gasteiger partial charge in [-0.25, -0.2) is 9.97 Å². The van der Waals surface area contributed by atoms with Crippen LogP contribution in [0.2, 0.25) is 0 Å². The molecule has 2 aliphatic heterocycles. The maximum atomic E-state index is 4.58. The van der Waals surface area contributed by atoms with Crippen molar-refractivity contribution in [2.45, 2.75) is 25.4 Å². The minimum absolute atomic E-state index is 0.698. The number of fused-ring (bicyclic) bond motifs is 2. The highest BCUT2D eigenvalue weighted by atomic mass is 15.2. The van der Waals surface area contributed by atoms with Crippen LogP contribution in [0.4, 0.5) is 0 Å². The highest BCUT2D eigenvalue weighted by Gasteiger charge is 2.34. The zero-order valence-corrected chi connectivity index (χ0v) is 11.0. The molecule has 2 saturated heterocycles. The molecule has 0 unspecified atom stereocenters. The van der Waals surface area contributed by atoms with Crippen molar-refractivity contribution < 1.29 is 0 Å². The molecule has 5 nitrogen and oxygen atoms in total. The molecule has 0 amide bonds. The van der Waals surface area contributed by atoms with Crippen molar-refractivity contribution in [3.63, 3.8) is 0 Å². The fraction of sp³-hybridized carbons (Fsp3) is 0.571. The molecule has 0 aromatic carbocycles. The van der Waals surface area contributed by atoms with E-state index in [1.54, 1.807) is 6.20 Å². The number of piperidine rings is 1. The van der Waals surface area contributed by atoms with E-state index in [-0.39, 0.29) is 0 Å². The number of hydrogen-bond donors (Lipinski definition) is 1.